The highest BCUT2D eigenvalue weighted by Crippen LogP contribution is 2.18. The molecule has 130 valence electrons. The molecule has 2 heterocycles. The zero-order valence-electron chi connectivity index (χ0n) is 13.7. The first kappa shape index (κ1) is 17.7. The van der Waals surface area contributed by atoms with Crippen molar-refractivity contribution in [3.63, 3.8) is 0 Å². The number of ether oxygens (including phenoxy) is 3. The highest BCUT2D eigenvalue weighted by Gasteiger charge is 2.36. The van der Waals surface area contributed by atoms with E-state index < -0.39 is 18.2 Å². The highest BCUT2D eigenvalue weighted by molar-refractivity contribution is 5.76. The summed E-state index contributed by atoms with van der Waals surface area (Å²) >= 11 is 0. The Balaban J connectivity index is 1.86. The Bertz CT molecular complexity index is 506. The third kappa shape index (κ3) is 4.43. The molecule has 0 saturated carbocycles. The largest absolute Gasteiger partial charge is 0.476 e. The number of hydrogen-bond acceptors (Lipinski definition) is 7. The van der Waals surface area contributed by atoms with Crippen LogP contribution in [-0.2, 0) is 20.7 Å². The van der Waals surface area contributed by atoms with Crippen LogP contribution in [0.4, 0.5) is 0 Å². The molecule has 1 N–H and O–H groups in total. The number of amides is 1. The van der Waals surface area contributed by atoms with E-state index in [2.05, 4.69) is 5.16 Å². The minimum absolute atomic E-state index is 0.108. The van der Waals surface area contributed by atoms with Gasteiger partial charge in [-0.2, -0.15) is 0 Å². The highest BCUT2D eigenvalue weighted by atomic mass is 16.5. The van der Waals surface area contributed by atoms with Gasteiger partial charge < -0.3 is 28.7 Å². The summed E-state index contributed by atoms with van der Waals surface area (Å²) in [6.45, 7) is 2.99. The molecule has 1 aliphatic heterocycles. The maximum Gasteiger partial charge on any atom is 0.254 e. The molecule has 1 aromatic rings. The van der Waals surface area contributed by atoms with Crippen LogP contribution in [0.2, 0.25) is 0 Å². The Hall–Kier alpha value is -1.64. The normalized spacial score (nSPS) is 24.4. The van der Waals surface area contributed by atoms with Crippen molar-refractivity contribution in [3.8, 4) is 5.88 Å². The van der Waals surface area contributed by atoms with Gasteiger partial charge >= 0.3 is 0 Å². The monoisotopic (exact) mass is 328 g/mol. The molecular formula is C15H24N2O6. The van der Waals surface area contributed by atoms with Crippen LogP contribution >= 0.6 is 0 Å². The molecule has 1 aromatic heterocycles. The van der Waals surface area contributed by atoms with E-state index >= 15 is 0 Å². The first-order valence-electron chi connectivity index (χ1n) is 7.69. The number of aryl methyl sites for hydroxylation is 1. The van der Waals surface area contributed by atoms with E-state index in [4.69, 9.17) is 18.7 Å². The molecule has 0 aliphatic carbocycles. The standard InChI is InChI=1S/C15H24N2O6/c1-4-22-13-7-10(23-16-13)5-6-14(18)17(2)11-8-21-9-12(20-3)15(11)19/h7,11-12,15,19H,4-6,8-9H2,1-3H3/t11-,12-,15+/m1/s1. The Morgan fingerprint density at radius 3 is 3.00 bits per heavy atom. The van der Waals surface area contributed by atoms with Gasteiger partial charge in [-0.15, -0.1) is 0 Å². The van der Waals surface area contributed by atoms with Gasteiger partial charge in [0.2, 0.25) is 5.91 Å². The SMILES string of the molecule is CCOc1cc(CCC(=O)N(C)[C@@H]2COC[C@@H](OC)[C@H]2O)on1. The molecule has 1 saturated heterocycles. The van der Waals surface area contributed by atoms with E-state index in [1.165, 1.54) is 12.0 Å². The molecule has 0 radical (unpaired) electrons. The van der Waals surface area contributed by atoms with Gasteiger partial charge in [0.25, 0.3) is 5.88 Å². The number of hydrogen-bond donors (Lipinski definition) is 1. The van der Waals surface area contributed by atoms with Crippen LogP contribution in [0.15, 0.2) is 10.6 Å². The van der Waals surface area contributed by atoms with Crippen molar-refractivity contribution in [1.29, 1.82) is 0 Å². The molecule has 3 atom stereocenters. The fraction of sp³-hybridized carbons (Fsp3) is 0.733. The Kier molecular flexibility index (Phi) is 6.37. The average Bonchev–Trinajstić information content (AvgIpc) is 3.00. The molecule has 8 nitrogen and oxygen atoms in total. The number of carbonyl (C=O) groups is 1. The Morgan fingerprint density at radius 1 is 1.52 bits per heavy atom. The van der Waals surface area contributed by atoms with Crippen molar-refractivity contribution in [1.82, 2.24) is 10.1 Å². The molecule has 0 unspecified atom stereocenters. The quantitative estimate of drug-likeness (QED) is 0.766. The van der Waals surface area contributed by atoms with Gasteiger partial charge in [-0.1, -0.05) is 0 Å². The minimum atomic E-state index is -0.766. The van der Waals surface area contributed by atoms with Crippen molar-refractivity contribution in [2.24, 2.45) is 0 Å². The summed E-state index contributed by atoms with van der Waals surface area (Å²) in [7, 11) is 3.17. The van der Waals surface area contributed by atoms with Gasteiger partial charge in [-0.05, 0) is 12.1 Å². The van der Waals surface area contributed by atoms with Crippen LogP contribution in [0.25, 0.3) is 0 Å². The van der Waals surface area contributed by atoms with Crippen LogP contribution in [0, 0.1) is 0 Å². The predicted molar refractivity (Wildman–Crippen MR) is 80.2 cm³/mol. The number of likely N-dealkylation sites (N-methyl/N-ethyl adjacent to an activating group) is 1. The molecule has 23 heavy (non-hydrogen) atoms. The van der Waals surface area contributed by atoms with Gasteiger partial charge in [-0.25, -0.2) is 0 Å². The number of aromatic nitrogens is 1. The first-order valence-corrected chi connectivity index (χ1v) is 7.69. The van der Waals surface area contributed by atoms with Crippen molar-refractivity contribution in [2.75, 3.05) is 34.0 Å². The van der Waals surface area contributed by atoms with Crippen LogP contribution in [0.3, 0.4) is 0 Å². The van der Waals surface area contributed by atoms with Crippen LogP contribution in [0.5, 0.6) is 5.88 Å². The maximum absolute atomic E-state index is 12.3. The summed E-state index contributed by atoms with van der Waals surface area (Å²) < 4.78 is 20.9. The number of aliphatic hydroxyl groups is 1. The van der Waals surface area contributed by atoms with E-state index in [-0.39, 0.29) is 12.3 Å². The number of rotatable bonds is 7. The lowest BCUT2D eigenvalue weighted by atomic mass is 10.0. The summed E-state index contributed by atoms with van der Waals surface area (Å²) in [6, 6.07) is 1.26. The number of methoxy groups -OCH3 is 1. The lowest BCUT2D eigenvalue weighted by Gasteiger charge is -2.38. The average molecular weight is 328 g/mol. The van der Waals surface area contributed by atoms with Gasteiger partial charge in [0, 0.05) is 33.1 Å². The van der Waals surface area contributed by atoms with Crippen molar-refractivity contribution >= 4 is 5.91 Å². The van der Waals surface area contributed by atoms with Crippen LogP contribution in [0.1, 0.15) is 19.1 Å². The molecule has 1 aliphatic rings. The lowest BCUT2D eigenvalue weighted by Crippen LogP contribution is -2.56. The molecule has 1 amide bonds. The fourth-order valence-electron chi connectivity index (χ4n) is 2.52. The second kappa shape index (κ2) is 8.28. The maximum atomic E-state index is 12.3. The summed E-state index contributed by atoms with van der Waals surface area (Å²) in [5, 5.41) is 14.0. The third-order valence-electron chi connectivity index (χ3n) is 3.95. The second-order valence-corrected chi connectivity index (χ2v) is 5.44. The molecule has 0 bridgehead atoms. The van der Waals surface area contributed by atoms with Gasteiger partial charge in [0.05, 0.1) is 25.9 Å². The molecule has 8 heteroatoms. The van der Waals surface area contributed by atoms with Gasteiger partial charge in [0.1, 0.15) is 18.0 Å². The molecule has 1 fully saturated rings. The zero-order chi connectivity index (χ0) is 16.8. The molecule has 0 aromatic carbocycles. The predicted octanol–water partition coefficient (Wildman–Crippen LogP) is 0.239. The zero-order valence-corrected chi connectivity index (χ0v) is 13.7. The van der Waals surface area contributed by atoms with Crippen LogP contribution < -0.4 is 4.74 Å². The fourth-order valence-corrected chi connectivity index (χ4v) is 2.52. The molecule has 2 rings (SSSR count). The second-order valence-electron chi connectivity index (χ2n) is 5.44. The Labute approximate surface area is 135 Å². The van der Waals surface area contributed by atoms with E-state index in [9.17, 15) is 9.90 Å². The summed E-state index contributed by atoms with van der Waals surface area (Å²) in [5.41, 5.74) is 0. The minimum Gasteiger partial charge on any atom is -0.476 e. The smallest absolute Gasteiger partial charge is 0.254 e. The lowest BCUT2D eigenvalue weighted by molar-refractivity contribution is -0.158. The summed E-state index contributed by atoms with van der Waals surface area (Å²) in [6.07, 6.45) is -0.525. The third-order valence-corrected chi connectivity index (χ3v) is 3.95. The topological polar surface area (TPSA) is 94.3 Å². The van der Waals surface area contributed by atoms with E-state index in [0.29, 0.717) is 37.9 Å². The summed E-state index contributed by atoms with van der Waals surface area (Å²) in [4.78, 5) is 13.8. The summed E-state index contributed by atoms with van der Waals surface area (Å²) in [5.74, 6) is 0.900. The van der Waals surface area contributed by atoms with E-state index in [1.54, 1.807) is 13.1 Å². The number of aliphatic hydroxyl groups excluding tert-OH is 1. The van der Waals surface area contributed by atoms with Crippen LogP contribution in [-0.4, -0.2) is 73.3 Å². The molecular weight excluding hydrogens is 304 g/mol. The van der Waals surface area contributed by atoms with Gasteiger partial charge in [0.15, 0.2) is 0 Å². The van der Waals surface area contributed by atoms with Crippen molar-refractivity contribution < 1.29 is 28.6 Å². The number of carbonyl (C=O) groups excluding carboxylic acids is 1. The first-order chi connectivity index (χ1) is 11.1. The van der Waals surface area contributed by atoms with Gasteiger partial charge in [-0.3, -0.25) is 4.79 Å². The van der Waals surface area contributed by atoms with E-state index in [0.717, 1.165) is 0 Å². The number of nitrogens with zero attached hydrogens (tertiary/aromatic N) is 2. The van der Waals surface area contributed by atoms with Crippen molar-refractivity contribution in [2.45, 2.75) is 38.0 Å². The Morgan fingerprint density at radius 2 is 2.30 bits per heavy atom. The van der Waals surface area contributed by atoms with E-state index in [1.807, 2.05) is 6.92 Å². The molecule has 0 spiro atoms. The van der Waals surface area contributed by atoms with Crippen molar-refractivity contribution in [3.05, 3.63) is 11.8 Å².